The van der Waals surface area contributed by atoms with Gasteiger partial charge in [0, 0.05) is 17.8 Å². The summed E-state index contributed by atoms with van der Waals surface area (Å²) in [6.07, 6.45) is 0.515. The van der Waals surface area contributed by atoms with Gasteiger partial charge in [0.05, 0.1) is 12.8 Å². The van der Waals surface area contributed by atoms with Crippen LogP contribution in [0.3, 0.4) is 0 Å². The highest BCUT2D eigenvalue weighted by atomic mass is 16.5. The smallest absolute Gasteiger partial charge is 0.342 e. The summed E-state index contributed by atoms with van der Waals surface area (Å²) in [5.41, 5.74) is 2.12. The quantitative estimate of drug-likeness (QED) is 0.427. The molecule has 1 unspecified atom stereocenters. The number of para-hydroxylation sites is 1. The lowest BCUT2D eigenvalue weighted by Crippen LogP contribution is -2.30. The van der Waals surface area contributed by atoms with Gasteiger partial charge in [0.2, 0.25) is 0 Å². The van der Waals surface area contributed by atoms with Gasteiger partial charge >= 0.3 is 5.97 Å². The molecule has 0 saturated heterocycles. The Morgan fingerprint density at radius 1 is 1.09 bits per heavy atom. The molecule has 0 fully saturated rings. The number of amides is 1. The second kappa shape index (κ2) is 9.39. The summed E-state index contributed by atoms with van der Waals surface area (Å²) in [6, 6.07) is 18.1. The molecule has 9 nitrogen and oxygen atoms in total. The summed E-state index contributed by atoms with van der Waals surface area (Å²) in [6.45, 7) is 3.19. The van der Waals surface area contributed by atoms with Gasteiger partial charge in [0.25, 0.3) is 5.91 Å². The van der Waals surface area contributed by atoms with Crippen LogP contribution in [-0.4, -0.2) is 40.0 Å². The summed E-state index contributed by atoms with van der Waals surface area (Å²) in [4.78, 5) is 25.5. The molecule has 0 aliphatic rings. The monoisotopic (exact) mass is 446 g/mol. The Labute approximate surface area is 189 Å². The number of methoxy groups -OCH3 is 1. The molecule has 33 heavy (non-hydrogen) atoms. The summed E-state index contributed by atoms with van der Waals surface area (Å²) in [7, 11) is 1.58. The molecule has 0 aliphatic heterocycles. The van der Waals surface area contributed by atoms with E-state index in [1.54, 1.807) is 55.2 Å². The van der Waals surface area contributed by atoms with Gasteiger partial charge in [-0.2, -0.15) is 5.10 Å². The van der Waals surface area contributed by atoms with Gasteiger partial charge < -0.3 is 19.3 Å². The number of benzene rings is 2. The number of aryl methyl sites for hydroxylation is 1. The Morgan fingerprint density at radius 3 is 2.45 bits per heavy atom. The molecule has 0 aliphatic carbocycles. The Bertz CT molecular complexity index is 1260. The highest BCUT2D eigenvalue weighted by Gasteiger charge is 2.25. The number of carbonyl (C=O) groups is 2. The van der Waals surface area contributed by atoms with E-state index in [2.05, 4.69) is 15.6 Å². The number of nitrogens with one attached hydrogen (secondary N) is 1. The van der Waals surface area contributed by atoms with E-state index in [1.807, 2.05) is 30.3 Å². The standard InChI is InChI=1S/C24H22N4O5/c1-15-13-21(27-33-15)25-23(29)16(2)32-24(30)20-14-28(18-7-5-4-6-8-18)26-22(20)17-9-11-19(31-3)12-10-17/h4-14,16H,1-3H3,(H,25,27,29). The van der Waals surface area contributed by atoms with Crippen LogP contribution in [0.1, 0.15) is 23.0 Å². The Morgan fingerprint density at radius 2 is 1.82 bits per heavy atom. The third kappa shape index (κ3) is 4.93. The molecule has 168 valence electrons. The SMILES string of the molecule is COc1ccc(-c2nn(-c3ccccc3)cc2C(=O)OC(C)C(=O)Nc2cc(C)on2)cc1. The zero-order valence-electron chi connectivity index (χ0n) is 18.3. The van der Waals surface area contributed by atoms with Crippen molar-refractivity contribution in [1.82, 2.24) is 14.9 Å². The molecule has 2 aromatic heterocycles. The van der Waals surface area contributed by atoms with Gasteiger partial charge in [-0.05, 0) is 50.2 Å². The van der Waals surface area contributed by atoms with E-state index >= 15 is 0 Å². The first kappa shape index (κ1) is 21.8. The van der Waals surface area contributed by atoms with E-state index in [4.69, 9.17) is 14.0 Å². The lowest BCUT2D eigenvalue weighted by molar-refractivity contribution is -0.123. The number of ether oxygens (including phenoxy) is 2. The Kier molecular flexibility index (Phi) is 6.21. The number of esters is 1. The van der Waals surface area contributed by atoms with Gasteiger partial charge in [-0.3, -0.25) is 4.79 Å². The number of rotatable bonds is 7. The number of hydrogen-bond donors (Lipinski definition) is 1. The molecule has 4 rings (SSSR count). The van der Waals surface area contributed by atoms with E-state index in [-0.39, 0.29) is 11.4 Å². The maximum atomic E-state index is 13.1. The molecular weight excluding hydrogens is 424 g/mol. The van der Waals surface area contributed by atoms with E-state index < -0.39 is 18.0 Å². The van der Waals surface area contributed by atoms with Crippen LogP contribution in [0.2, 0.25) is 0 Å². The molecule has 0 spiro atoms. The number of anilines is 1. The zero-order valence-corrected chi connectivity index (χ0v) is 18.3. The summed E-state index contributed by atoms with van der Waals surface area (Å²) < 4.78 is 17.2. The van der Waals surface area contributed by atoms with Crippen LogP contribution in [0.5, 0.6) is 5.75 Å². The average Bonchev–Trinajstić information content (AvgIpc) is 3.46. The number of hydrogen-bond acceptors (Lipinski definition) is 7. The third-order valence-corrected chi connectivity index (χ3v) is 4.85. The molecule has 4 aromatic rings. The second-order valence-corrected chi connectivity index (χ2v) is 7.26. The van der Waals surface area contributed by atoms with Crippen LogP contribution in [0.15, 0.2) is 71.4 Å². The highest BCUT2D eigenvalue weighted by Crippen LogP contribution is 2.27. The molecule has 9 heteroatoms. The normalized spacial score (nSPS) is 11.6. The van der Waals surface area contributed by atoms with Crippen molar-refractivity contribution in [2.75, 3.05) is 12.4 Å². The van der Waals surface area contributed by atoms with E-state index in [0.29, 0.717) is 22.8 Å². The van der Waals surface area contributed by atoms with Crippen molar-refractivity contribution in [2.24, 2.45) is 0 Å². The zero-order chi connectivity index (χ0) is 23.4. The first-order valence-electron chi connectivity index (χ1n) is 10.2. The van der Waals surface area contributed by atoms with Gasteiger partial charge in [0.1, 0.15) is 22.8 Å². The third-order valence-electron chi connectivity index (χ3n) is 4.85. The van der Waals surface area contributed by atoms with Crippen LogP contribution >= 0.6 is 0 Å². The van der Waals surface area contributed by atoms with Crippen LogP contribution in [-0.2, 0) is 9.53 Å². The molecule has 2 aromatic carbocycles. The van der Waals surface area contributed by atoms with Gasteiger partial charge in [-0.1, -0.05) is 23.4 Å². The van der Waals surface area contributed by atoms with E-state index in [9.17, 15) is 9.59 Å². The van der Waals surface area contributed by atoms with Crippen LogP contribution < -0.4 is 10.1 Å². The molecule has 0 saturated carbocycles. The van der Waals surface area contributed by atoms with Crippen molar-refractivity contribution in [3.05, 3.63) is 78.2 Å². The lowest BCUT2D eigenvalue weighted by Gasteiger charge is -2.12. The maximum absolute atomic E-state index is 13.1. The van der Waals surface area contributed by atoms with Crippen LogP contribution in [0.4, 0.5) is 5.82 Å². The van der Waals surface area contributed by atoms with Crippen molar-refractivity contribution in [3.8, 4) is 22.7 Å². The molecule has 1 atom stereocenters. The topological polar surface area (TPSA) is 108 Å². The van der Waals surface area contributed by atoms with Crippen molar-refractivity contribution >= 4 is 17.7 Å². The predicted octanol–water partition coefficient (Wildman–Crippen LogP) is 4.03. The minimum Gasteiger partial charge on any atom is -0.497 e. The molecule has 0 radical (unpaired) electrons. The fourth-order valence-corrected chi connectivity index (χ4v) is 3.13. The van der Waals surface area contributed by atoms with Gasteiger partial charge in [-0.15, -0.1) is 0 Å². The number of carbonyl (C=O) groups excluding carboxylic acids is 2. The minimum atomic E-state index is -1.07. The van der Waals surface area contributed by atoms with Crippen LogP contribution in [0, 0.1) is 6.92 Å². The summed E-state index contributed by atoms with van der Waals surface area (Å²) in [5.74, 6) is 0.266. The molecule has 1 N–H and O–H groups in total. The van der Waals surface area contributed by atoms with Crippen LogP contribution in [0.25, 0.3) is 16.9 Å². The second-order valence-electron chi connectivity index (χ2n) is 7.26. The van der Waals surface area contributed by atoms with Crippen molar-refractivity contribution in [1.29, 1.82) is 0 Å². The minimum absolute atomic E-state index is 0.223. The number of aromatic nitrogens is 3. The van der Waals surface area contributed by atoms with E-state index in [1.165, 1.54) is 6.92 Å². The first-order chi connectivity index (χ1) is 15.9. The maximum Gasteiger partial charge on any atom is 0.342 e. The average molecular weight is 446 g/mol. The fourth-order valence-electron chi connectivity index (χ4n) is 3.13. The first-order valence-corrected chi connectivity index (χ1v) is 10.2. The Hall–Kier alpha value is -4.40. The van der Waals surface area contributed by atoms with Crippen molar-refractivity contribution < 1.29 is 23.6 Å². The largest absolute Gasteiger partial charge is 0.497 e. The van der Waals surface area contributed by atoms with Gasteiger partial charge in [0.15, 0.2) is 11.9 Å². The Balaban J connectivity index is 1.60. The molecule has 0 bridgehead atoms. The highest BCUT2D eigenvalue weighted by molar-refractivity contribution is 5.99. The molecular formula is C24H22N4O5. The number of nitrogens with zero attached hydrogens (tertiary/aromatic N) is 3. The van der Waals surface area contributed by atoms with Gasteiger partial charge in [-0.25, -0.2) is 9.48 Å². The summed E-state index contributed by atoms with van der Waals surface area (Å²) >= 11 is 0. The van der Waals surface area contributed by atoms with Crippen molar-refractivity contribution in [2.45, 2.75) is 20.0 Å². The molecule has 1 amide bonds. The fraction of sp³-hybridized carbons (Fsp3) is 0.167. The lowest BCUT2D eigenvalue weighted by atomic mass is 10.1. The summed E-state index contributed by atoms with van der Waals surface area (Å²) in [5, 5.41) is 10.9. The van der Waals surface area contributed by atoms with E-state index in [0.717, 1.165) is 5.69 Å². The predicted molar refractivity (Wildman–Crippen MR) is 120 cm³/mol. The van der Waals surface area contributed by atoms with Crippen molar-refractivity contribution in [3.63, 3.8) is 0 Å². The molecule has 2 heterocycles.